The highest BCUT2D eigenvalue weighted by molar-refractivity contribution is 7.89. The molecule has 20 heavy (non-hydrogen) atoms. The van der Waals surface area contributed by atoms with Crippen LogP contribution in [0.5, 0.6) is 11.5 Å². The molecule has 0 radical (unpaired) electrons. The van der Waals surface area contributed by atoms with Crippen LogP contribution in [0.4, 0.5) is 0 Å². The smallest absolute Gasteiger partial charge is 0.240 e. The van der Waals surface area contributed by atoms with Crippen molar-refractivity contribution >= 4 is 10.0 Å². The zero-order valence-corrected chi connectivity index (χ0v) is 11.7. The van der Waals surface area contributed by atoms with E-state index in [4.69, 9.17) is 19.3 Å². The third-order valence-corrected chi connectivity index (χ3v) is 4.06. The maximum Gasteiger partial charge on any atom is 0.240 e. The van der Waals surface area contributed by atoms with E-state index in [0.29, 0.717) is 24.7 Å². The van der Waals surface area contributed by atoms with E-state index in [0.717, 1.165) is 0 Å². The van der Waals surface area contributed by atoms with Crippen molar-refractivity contribution in [1.82, 2.24) is 4.72 Å². The number of rotatable bonds is 7. The van der Waals surface area contributed by atoms with Crippen molar-refractivity contribution in [1.29, 1.82) is 0 Å². The Hall–Kier alpha value is -1.35. The lowest BCUT2D eigenvalue weighted by Gasteiger charge is -2.18. The minimum atomic E-state index is -3.61. The van der Waals surface area contributed by atoms with Gasteiger partial charge in [0.25, 0.3) is 0 Å². The quantitative estimate of drug-likeness (QED) is 0.674. The lowest BCUT2D eigenvalue weighted by atomic mass is 10.3. The number of aliphatic hydroxyl groups is 1. The number of hydrogen-bond acceptors (Lipinski definition) is 6. The monoisotopic (exact) mass is 303 g/mol. The summed E-state index contributed by atoms with van der Waals surface area (Å²) in [4.78, 5) is 0.115. The Labute approximate surface area is 117 Å². The molecule has 0 fully saturated rings. The topological polar surface area (TPSA) is 94.1 Å². The van der Waals surface area contributed by atoms with Gasteiger partial charge in [0.1, 0.15) is 13.2 Å². The van der Waals surface area contributed by atoms with Gasteiger partial charge in [-0.3, -0.25) is 0 Å². The van der Waals surface area contributed by atoms with Gasteiger partial charge in [-0.15, -0.1) is 0 Å². The van der Waals surface area contributed by atoms with E-state index in [-0.39, 0.29) is 31.3 Å². The number of fused-ring (bicyclic) bond motifs is 1. The van der Waals surface area contributed by atoms with E-state index in [9.17, 15) is 8.42 Å². The van der Waals surface area contributed by atoms with Crippen molar-refractivity contribution in [3.8, 4) is 11.5 Å². The van der Waals surface area contributed by atoms with Gasteiger partial charge in [0.15, 0.2) is 11.5 Å². The van der Waals surface area contributed by atoms with Gasteiger partial charge in [0, 0.05) is 12.6 Å². The summed E-state index contributed by atoms with van der Waals surface area (Å²) >= 11 is 0. The van der Waals surface area contributed by atoms with Crippen molar-refractivity contribution in [2.75, 3.05) is 39.6 Å². The predicted octanol–water partition coefficient (Wildman–Crippen LogP) is -0.255. The van der Waals surface area contributed by atoms with Crippen LogP contribution in [0.15, 0.2) is 23.1 Å². The average molecular weight is 303 g/mol. The number of ether oxygens (including phenoxy) is 3. The molecule has 1 aliphatic heterocycles. The van der Waals surface area contributed by atoms with Crippen LogP contribution in [-0.2, 0) is 14.8 Å². The molecule has 0 aromatic heterocycles. The lowest BCUT2D eigenvalue weighted by Crippen LogP contribution is -2.28. The van der Waals surface area contributed by atoms with Gasteiger partial charge >= 0.3 is 0 Å². The Bertz CT molecular complexity index is 545. The fourth-order valence-corrected chi connectivity index (χ4v) is 2.72. The predicted molar refractivity (Wildman–Crippen MR) is 70.5 cm³/mol. The molecule has 1 aromatic carbocycles. The summed E-state index contributed by atoms with van der Waals surface area (Å²) in [5, 5.41) is 8.53. The molecule has 0 saturated carbocycles. The van der Waals surface area contributed by atoms with E-state index >= 15 is 0 Å². The van der Waals surface area contributed by atoms with Gasteiger partial charge in [-0.2, -0.15) is 0 Å². The molecule has 1 heterocycles. The molecule has 0 amide bonds. The summed E-state index contributed by atoms with van der Waals surface area (Å²) < 4.78 is 42.1. The first-order chi connectivity index (χ1) is 9.63. The number of benzene rings is 1. The summed E-state index contributed by atoms with van der Waals surface area (Å²) in [6.45, 7) is 1.29. The maximum absolute atomic E-state index is 12.0. The Morgan fingerprint density at radius 3 is 2.70 bits per heavy atom. The second-order valence-electron chi connectivity index (χ2n) is 4.04. The second-order valence-corrected chi connectivity index (χ2v) is 5.81. The largest absolute Gasteiger partial charge is 0.486 e. The molecule has 0 spiro atoms. The molecule has 0 atom stereocenters. The molecule has 1 aliphatic rings. The third-order valence-electron chi connectivity index (χ3n) is 2.60. The highest BCUT2D eigenvalue weighted by Crippen LogP contribution is 2.32. The van der Waals surface area contributed by atoms with E-state index in [1.165, 1.54) is 12.1 Å². The normalized spacial score (nSPS) is 14.2. The second kappa shape index (κ2) is 6.89. The summed E-state index contributed by atoms with van der Waals surface area (Å²) in [5.74, 6) is 0.970. The molecule has 0 bridgehead atoms. The van der Waals surface area contributed by atoms with Crippen LogP contribution < -0.4 is 14.2 Å². The number of nitrogens with one attached hydrogen (secondary N) is 1. The Balaban J connectivity index is 1.98. The fourth-order valence-electron chi connectivity index (χ4n) is 1.69. The molecule has 2 rings (SSSR count). The zero-order chi connectivity index (χ0) is 14.4. The molecule has 0 aliphatic carbocycles. The first-order valence-electron chi connectivity index (χ1n) is 6.21. The first-order valence-corrected chi connectivity index (χ1v) is 7.70. The number of sulfonamides is 1. The molecule has 0 unspecified atom stereocenters. The summed E-state index contributed by atoms with van der Waals surface area (Å²) in [6, 6.07) is 4.47. The van der Waals surface area contributed by atoms with Gasteiger partial charge < -0.3 is 19.3 Å². The first kappa shape index (κ1) is 15.0. The molecule has 0 saturated heterocycles. The molecular formula is C12H17NO6S. The van der Waals surface area contributed by atoms with E-state index in [2.05, 4.69) is 4.72 Å². The van der Waals surface area contributed by atoms with Crippen LogP contribution in [0.2, 0.25) is 0 Å². The number of hydrogen-bond donors (Lipinski definition) is 2. The van der Waals surface area contributed by atoms with E-state index < -0.39 is 10.0 Å². The number of aliphatic hydroxyl groups excluding tert-OH is 1. The van der Waals surface area contributed by atoms with E-state index in [1.54, 1.807) is 6.07 Å². The summed E-state index contributed by atoms with van der Waals surface area (Å²) in [7, 11) is -3.61. The molecule has 8 heteroatoms. The third kappa shape index (κ3) is 3.83. The zero-order valence-electron chi connectivity index (χ0n) is 10.9. The Kier molecular flexibility index (Phi) is 5.18. The van der Waals surface area contributed by atoms with Gasteiger partial charge in [-0.25, -0.2) is 13.1 Å². The van der Waals surface area contributed by atoms with Crippen molar-refractivity contribution < 1.29 is 27.7 Å². The van der Waals surface area contributed by atoms with Crippen LogP contribution >= 0.6 is 0 Å². The van der Waals surface area contributed by atoms with Crippen LogP contribution in [0.25, 0.3) is 0 Å². The van der Waals surface area contributed by atoms with Gasteiger partial charge in [-0.05, 0) is 12.1 Å². The van der Waals surface area contributed by atoms with Crippen LogP contribution in [-0.4, -0.2) is 53.1 Å². The van der Waals surface area contributed by atoms with E-state index in [1.807, 2.05) is 0 Å². The van der Waals surface area contributed by atoms with Crippen LogP contribution in [0, 0.1) is 0 Å². The van der Waals surface area contributed by atoms with Crippen molar-refractivity contribution in [2.24, 2.45) is 0 Å². The lowest BCUT2D eigenvalue weighted by molar-refractivity contribution is 0.0961. The standard InChI is InChI=1S/C12H17NO6S/c14-4-6-17-5-3-13-20(15,16)10-1-2-11-12(9-10)19-8-7-18-11/h1-2,9,13-14H,3-8H2. The highest BCUT2D eigenvalue weighted by Gasteiger charge is 2.18. The molecule has 7 nitrogen and oxygen atoms in total. The van der Waals surface area contributed by atoms with Gasteiger partial charge in [-0.1, -0.05) is 0 Å². The van der Waals surface area contributed by atoms with Crippen LogP contribution in [0.3, 0.4) is 0 Å². The average Bonchev–Trinajstić information content (AvgIpc) is 2.46. The minimum absolute atomic E-state index is 0.0884. The molecule has 112 valence electrons. The van der Waals surface area contributed by atoms with Crippen molar-refractivity contribution in [3.63, 3.8) is 0 Å². The summed E-state index contributed by atoms with van der Waals surface area (Å²) in [5.41, 5.74) is 0. The molecular weight excluding hydrogens is 286 g/mol. The summed E-state index contributed by atoms with van der Waals surface area (Å²) in [6.07, 6.45) is 0. The van der Waals surface area contributed by atoms with Crippen LogP contribution in [0.1, 0.15) is 0 Å². The van der Waals surface area contributed by atoms with Crippen molar-refractivity contribution in [2.45, 2.75) is 4.90 Å². The molecule has 1 aromatic rings. The Morgan fingerprint density at radius 2 is 1.95 bits per heavy atom. The van der Waals surface area contributed by atoms with Gasteiger partial charge in [0.2, 0.25) is 10.0 Å². The highest BCUT2D eigenvalue weighted by atomic mass is 32.2. The van der Waals surface area contributed by atoms with Crippen molar-refractivity contribution in [3.05, 3.63) is 18.2 Å². The fraction of sp³-hybridized carbons (Fsp3) is 0.500. The SMILES string of the molecule is O=S(=O)(NCCOCCO)c1ccc2c(c1)OCCO2. The van der Waals surface area contributed by atoms with Gasteiger partial charge in [0.05, 0.1) is 24.7 Å². The maximum atomic E-state index is 12.0. The Morgan fingerprint density at radius 1 is 1.20 bits per heavy atom. The minimum Gasteiger partial charge on any atom is -0.486 e. The molecule has 2 N–H and O–H groups in total.